The molecule has 1 atom stereocenters. The van der Waals surface area contributed by atoms with E-state index in [0.717, 1.165) is 11.5 Å². The molecule has 0 bridgehead atoms. The van der Waals surface area contributed by atoms with Crippen LogP contribution in [-0.2, 0) is 39.8 Å². The fourth-order valence-corrected chi connectivity index (χ4v) is 5.75. The Morgan fingerprint density at radius 1 is 0.775 bits per heavy atom. The van der Waals surface area contributed by atoms with E-state index in [4.69, 9.17) is 34.2 Å². The summed E-state index contributed by atoms with van der Waals surface area (Å²) in [5.41, 5.74) is 1.12. The van der Waals surface area contributed by atoms with Gasteiger partial charge in [0.05, 0.1) is 18.2 Å². The van der Waals surface area contributed by atoms with Crippen LogP contribution in [0.4, 0.5) is 0 Å². The molecule has 9 heteroatoms. The van der Waals surface area contributed by atoms with E-state index in [-0.39, 0.29) is 27.1 Å². The molecular formula is C31H30N3O4PW. The van der Waals surface area contributed by atoms with Gasteiger partial charge < -0.3 is 4.74 Å². The predicted molar refractivity (Wildman–Crippen MR) is 151 cm³/mol. The zero-order chi connectivity index (χ0) is 30.1. The van der Waals surface area contributed by atoms with Crippen molar-refractivity contribution in [1.82, 2.24) is 0 Å². The molecule has 0 radical (unpaired) electrons. The fraction of sp³-hybridized carbons (Fsp3) is 0.226. The van der Waals surface area contributed by atoms with Crippen molar-refractivity contribution < 1.29 is 39.8 Å². The van der Waals surface area contributed by atoms with Gasteiger partial charge in [-0.05, 0) is 35.8 Å². The van der Waals surface area contributed by atoms with E-state index in [1.54, 1.807) is 12.1 Å². The molecule has 3 aromatic carbocycles. The SMILES string of the molecule is CC#N.CC#N.CC(C)[C@H]1COC(c2ccccc2P(c2ccccc2)c2ccccc2)=N1.[C-]#[O+].[C-]#[O+].[C-]#[O+].[W]. The molecule has 0 aliphatic carbocycles. The average Bonchev–Trinajstić information content (AvgIpc) is 3.50. The van der Waals surface area contributed by atoms with Crippen molar-refractivity contribution in [3.8, 4) is 12.1 Å². The van der Waals surface area contributed by atoms with Gasteiger partial charge in [0, 0.05) is 40.5 Å². The van der Waals surface area contributed by atoms with E-state index in [9.17, 15) is 0 Å². The molecule has 1 heterocycles. The van der Waals surface area contributed by atoms with E-state index < -0.39 is 7.92 Å². The van der Waals surface area contributed by atoms with E-state index >= 15 is 0 Å². The zero-order valence-corrected chi connectivity index (χ0v) is 26.6. The fourth-order valence-electron chi connectivity index (χ4n) is 3.31. The third-order valence-corrected chi connectivity index (χ3v) is 7.35. The first-order chi connectivity index (χ1) is 19.1. The quantitative estimate of drug-likeness (QED) is 0.204. The molecule has 40 heavy (non-hydrogen) atoms. The van der Waals surface area contributed by atoms with Gasteiger partial charge in [0.1, 0.15) is 6.61 Å². The van der Waals surface area contributed by atoms with Gasteiger partial charge in [-0.15, -0.1) is 0 Å². The minimum atomic E-state index is -0.673. The van der Waals surface area contributed by atoms with Gasteiger partial charge in [0.15, 0.2) is 0 Å². The van der Waals surface area contributed by atoms with Crippen molar-refractivity contribution in [3.05, 3.63) is 110 Å². The van der Waals surface area contributed by atoms with Crippen LogP contribution in [0.15, 0.2) is 89.9 Å². The van der Waals surface area contributed by atoms with Crippen LogP contribution in [0.25, 0.3) is 0 Å². The van der Waals surface area contributed by atoms with E-state index in [1.165, 1.54) is 29.8 Å². The number of ether oxygens (including phenoxy) is 1. The molecule has 0 unspecified atom stereocenters. The van der Waals surface area contributed by atoms with Gasteiger partial charge >= 0.3 is 33.9 Å². The molecule has 0 aromatic heterocycles. The smallest absolute Gasteiger partial charge is 0 e. The summed E-state index contributed by atoms with van der Waals surface area (Å²) in [5, 5.41) is 18.6. The molecular weight excluding hydrogens is 693 g/mol. The van der Waals surface area contributed by atoms with Gasteiger partial charge in [-0.3, -0.25) is 0 Å². The van der Waals surface area contributed by atoms with Gasteiger partial charge in [-0.1, -0.05) is 92.7 Å². The third-order valence-electron chi connectivity index (χ3n) is 4.85. The van der Waals surface area contributed by atoms with Crippen molar-refractivity contribution in [3.63, 3.8) is 0 Å². The molecule has 0 N–H and O–H groups in total. The molecule has 0 spiro atoms. The van der Waals surface area contributed by atoms with Crippen LogP contribution in [-0.4, -0.2) is 18.5 Å². The number of hydrogen-bond donors (Lipinski definition) is 0. The standard InChI is InChI=1S/C24H24NOP.2C2H3N.3CO.W/c1-18(2)22-17-26-24(25-22)21-15-9-10-16-23(21)27(19-11-5-3-6-12-19)20-13-7-4-8-14-20;2*1-2-3;3*1-2;/h3-16,18,22H,17H2,1-2H3;2*1H3;;;;/t22-;;;;;;/m1....../s1. The third kappa shape index (κ3) is 14.0. The number of benzene rings is 3. The number of nitrogens with zero attached hydrogens (tertiary/aromatic N) is 3. The molecule has 3 aromatic rings. The Hall–Kier alpha value is -3.55. The van der Waals surface area contributed by atoms with Crippen molar-refractivity contribution in [2.75, 3.05) is 6.61 Å². The van der Waals surface area contributed by atoms with Crippen LogP contribution in [0.5, 0.6) is 0 Å². The van der Waals surface area contributed by atoms with Crippen LogP contribution in [0.1, 0.15) is 33.3 Å². The Morgan fingerprint density at radius 2 is 1.15 bits per heavy atom. The molecule has 204 valence electrons. The van der Waals surface area contributed by atoms with Gasteiger partial charge in [0.25, 0.3) is 0 Å². The summed E-state index contributed by atoms with van der Waals surface area (Å²) in [7, 11) is -0.673. The first kappa shape index (κ1) is 40.9. The second kappa shape index (κ2) is 27.0. The van der Waals surface area contributed by atoms with Crippen LogP contribution in [0.2, 0.25) is 0 Å². The summed E-state index contributed by atoms with van der Waals surface area (Å²) in [6.45, 7) is 21.4. The summed E-state index contributed by atoms with van der Waals surface area (Å²) in [5.74, 6) is 1.28. The Balaban J connectivity index is -0.000000923. The first-order valence-electron chi connectivity index (χ1n) is 11.5. The maximum absolute atomic E-state index is 7.50. The van der Waals surface area contributed by atoms with Gasteiger partial charge in [0.2, 0.25) is 5.90 Å². The summed E-state index contributed by atoms with van der Waals surface area (Å²) in [6.07, 6.45) is 0. The predicted octanol–water partition coefficient (Wildman–Crippen LogP) is 5.19. The van der Waals surface area contributed by atoms with Crippen LogP contribution in [0.3, 0.4) is 0 Å². The van der Waals surface area contributed by atoms with E-state index in [0.29, 0.717) is 12.5 Å². The van der Waals surface area contributed by atoms with Crippen molar-refractivity contribution >= 4 is 29.7 Å². The first-order valence-corrected chi connectivity index (χ1v) is 12.8. The number of aliphatic imine (C=N–C) groups is 1. The Morgan fingerprint density at radius 3 is 1.52 bits per heavy atom. The second-order valence-corrected chi connectivity index (χ2v) is 9.71. The minimum absolute atomic E-state index is 0. The summed E-state index contributed by atoms with van der Waals surface area (Å²) < 4.78 is 28.5. The van der Waals surface area contributed by atoms with E-state index in [1.807, 2.05) is 0 Å². The van der Waals surface area contributed by atoms with Crippen molar-refractivity contribution in [2.45, 2.75) is 33.7 Å². The summed E-state index contributed by atoms with van der Waals surface area (Å²) in [4.78, 5) is 4.89. The summed E-state index contributed by atoms with van der Waals surface area (Å²) >= 11 is 0. The van der Waals surface area contributed by atoms with Gasteiger partial charge in [-0.2, -0.15) is 10.5 Å². The zero-order valence-electron chi connectivity index (χ0n) is 22.8. The molecule has 0 fully saturated rings. The number of nitriles is 2. The van der Waals surface area contributed by atoms with Gasteiger partial charge in [-0.25, -0.2) is 4.99 Å². The van der Waals surface area contributed by atoms with E-state index in [2.05, 4.69) is 119 Å². The van der Waals surface area contributed by atoms with Crippen molar-refractivity contribution in [1.29, 1.82) is 10.5 Å². The van der Waals surface area contributed by atoms with Crippen LogP contribution < -0.4 is 15.9 Å². The Labute approximate surface area is 253 Å². The topological polar surface area (TPSA) is 129 Å². The number of rotatable bonds is 5. The number of hydrogen-bond acceptors (Lipinski definition) is 4. The monoisotopic (exact) mass is 723 g/mol. The minimum Gasteiger partial charge on any atom is 0 e. The molecule has 0 saturated heterocycles. The second-order valence-electron chi connectivity index (χ2n) is 7.53. The molecule has 7 nitrogen and oxygen atoms in total. The Bertz CT molecular complexity index is 1180. The molecule has 1 aliphatic heterocycles. The maximum atomic E-state index is 7.50. The van der Waals surface area contributed by atoms with Crippen LogP contribution >= 0.6 is 7.92 Å². The molecule has 0 saturated carbocycles. The normalized spacial score (nSPS) is 11.7. The van der Waals surface area contributed by atoms with Crippen molar-refractivity contribution in [2.24, 2.45) is 10.9 Å². The molecule has 4 rings (SSSR count). The molecule has 1 aliphatic rings. The maximum Gasteiger partial charge on any atom is 0 e. The Kier molecular flexibility index (Phi) is 27.7. The average molecular weight is 723 g/mol. The summed E-state index contributed by atoms with van der Waals surface area (Å²) in [6, 6.07) is 33.9. The van der Waals surface area contributed by atoms with Crippen LogP contribution in [0, 0.1) is 48.5 Å². The molecule has 0 amide bonds. The largest absolute Gasteiger partial charge is 0 e.